The van der Waals surface area contributed by atoms with Crippen LogP contribution in [0.3, 0.4) is 0 Å². The maximum absolute atomic E-state index is 11.0. The number of carbonyl (C=O) groups is 1. The molecule has 0 radical (unpaired) electrons. The number of hydrogen-bond acceptors (Lipinski definition) is 5. The Morgan fingerprint density at radius 1 is 1.33 bits per heavy atom. The minimum Gasteiger partial charge on any atom is -0.493 e. The van der Waals surface area contributed by atoms with E-state index in [1.54, 1.807) is 18.2 Å². The summed E-state index contributed by atoms with van der Waals surface area (Å²) in [5, 5.41) is 22.7. The van der Waals surface area contributed by atoms with Crippen molar-refractivity contribution in [3.05, 3.63) is 23.8 Å². The highest BCUT2D eigenvalue weighted by molar-refractivity contribution is 5.67. The van der Waals surface area contributed by atoms with Crippen LogP contribution >= 0.6 is 0 Å². The smallest absolute Gasteiger partial charge is 0.305 e. The summed E-state index contributed by atoms with van der Waals surface area (Å²) in [5.74, 6) is 0.139. The summed E-state index contributed by atoms with van der Waals surface area (Å²) < 4.78 is 10.4. The van der Waals surface area contributed by atoms with E-state index in [0.717, 1.165) is 12.8 Å². The van der Waals surface area contributed by atoms with E-state index in [1.165, 1.54) is 14.2 Å². The first-order valence-electron chi connectivity index (χ1n) is 6.93. The van der Waals surface area contributed by atoms with Crippen molar-refractivity contribution in [2.45, 2.75) is 37.5 Å². The highest BCUT2D eigenvalue weighted by atomic mass is 16.5. The zero-order chi connectivity index (χ0) is 15.4. The summed E-state index contributed by atoms with van der Waals surface area (Å²) in [7, 11) is 3.06. The number of nitrogens with one attached hydrogen (secondary N) is 1. The number of carboxylic acids is 1. The van der Waals surface area contributed by atoms with Gasteiger partial charge in [0.1, 0.15) is 0 Å². The fourth-order valence-corrected chi connectivity index (χ4v) is 2.27. The molecule has 0 saturated heterocycles. The Bertz CT molecular complexity index is 501. The van der Waals surface area contributed by atoms with Crippen molar-refractivity contribution in [3.63, 3.8) is 0 Å². The summed E-state index contributed by atoms with van der Waals surface area (Å²) in [5.41, 5.74) is 0.604. The lowest BCUT2D eigenvalue weighted by molar-refractivity contribution is -0.138. The molecule has 21 heavy (non-hydrogen) atoms. The maximum Gasteiger partial charge on any atom is 0.305 e. The van der Waals surface area contributed by atoms with Crippen LogP contribution in [-0.2, 0) is 4.79 Å². The molecule has 116 valence electrons. The number of benzene rings is 1. The van der Waals surface area contributed by atoms with Crippen molar-refractivity contribution in [1.82, 2.24) is 5.32 Å². The van der Waals surface area contributed by atoms with Crippen molar-refractivity contribution in [3.8, 4) is 11.5 Å². The lowest BCUT2D eigenvalue weighted by Crippen LogP contribution is -2.38. The van der Waals surface area contributed by atoms with Crippen molar-refractivity contribution in [1.29, 1.82) is 0 Å². The Morgan fingerprint density at radius 2 is 2.00 bits per heavy atom. The van der Waals surface area contributed by atoms with Crippen LogP contribution in [0.25, 0.3) is 0 Å². The van der Waals surface area contributed by atoms with E-state index in [1.807, 2.05) is 0 Å². The Morgan fingerprint density at radius 3 is 2.52 bits per heavy atom. The standard InChI is InChI=1S/C15H21NO5/c1-20-12-6-3-9(7-13(12)21-2)15(19)11(8-14(17)18)16-10-4-5-10/h3,6-7,10-11,15-16,19H,4-5,8H2,1-2H3,(H,17,18). The lowest BCUT2D eigenvalue weighted by Gasteiger charge is -2.24. The van der Waals surface area contributed by atoms with Crippen LogP contribution in [0.4, 0.5) is 0 Å². The normalized spacial score (nSPS) is 17.1. The fourth-order valence-electron chi connectivity index (χ4n) is 2.27. The van der Waals surface area contributed by atoms with Crippen molar-refractivity contribution in [2.75, 3.05) is 14.2 Å². The summed E-state index contributed by atoms with van der Waals surface area (Å²) >= 11 is 0. The van der Waals surface area contributed by atoms with Gasteiger partial charge in [0, 0.05) is 12.1 Å². The van der Waals surface area contributed by atoms with Crippen LogP contribution in [0.5, 0.6) is 11.5 Å². The number of aliphatic hydroxyl groups excluding tert-OH is 1. The predicted octanol–water partition coefficient (Wildman–Crippen LogP) is 1.33. The minimum atomic E-state index is -0.937. The fraction of sp³-hybridized carbons (Fsp3) is 0.533. The van der Waals surface area contributed by atoms with E-state index in [4.69, 9.17) is 14.6 Å². The molecule has 0 aromatic heterocycles. The first-order valence-corrected chi connectivity index (χ1v) is 6.93. The van der Waals surface area contributed by atoms with Crippen LogP contribution in [-0.4, -0.2) is 42.5 Å². The zero-order valence-corrected chi connectivity index (χ0v) is 12.2. The number of carboxylic acid groups (broad SMARTS) is 1. The molecule has 2 atom stereocenters. The molecule has 0 heterocycles. The summed E-state index contributed by atoms with van der Waals surface area (Å²) in [4.78, 5) is 11.0. The number of rotatable bonds is 8. The molecule has 0 aliphatic heterocycles. The molecule has 6 heteroatoms. The topological polar surface area (TPSA) is 88.0 Å². The molecule has 1 aromatic rings. The molecule has 1 saturated carbocycles. The highest BCUT2D eigenvalue weighted by Gasteiger charge is 2.31. The van der Waals surface area contributed by atoms with Crippen LogP contribution in [0.2, 0.25) is 0 Å². The monoisotopic (exact) mass is 295 g/mol. The number of methoxy groups -OCH3 is 2. The van der Waals surface area contributed by atoms with Crippen LogP contribution in [0, 0.1) is 0 Å². The van der Waals surface area contributed by atoms with Crippen molar-refractivity contribution < 1.29 is 24.5 Å². The summed E-state index contributed by atoms with van der Waals surface area (Å²) in [6, 6.07) is 4.88. The van der Waals surface area contributed by atoms with Crippen LogP contribution < -0.4 is 14.8 Å². The molecular formula is C15H21NO5. The van der Waals surface area contributed by atoms with Crippen molar-refractivity contribution >= 4 is 5.97 Å². The molecule has 1 aliphatic carbocycles. The molecule has 0 amide bonds. The van der Waals surface area contributed by atoms with Gasteiger partial charge in [-0.15, -0.1) is 0 Å². The quantitative estimate of drug-likeness (QED) is 0.670. The summed E-state index contributed by atoms with van der Waals surface area (Å²) in [6.45, 7) is 0. The number of ether oxygens (including phenoxy) is 2. The molecule has 1 aliphatic rings. The molecule has 2 rings (SSSR count). The lowest BCUT2D eigenvalue weighted by atomic mass is 9.99. The average Bonchev–Trinajstić information content (AvgIpc) is 3.28. The van der Waals surface area contributed by atoms with E-state index in [0.29, 0.717) is 23.1 Å². The second kappa shape index (κ2) is 6.78. The molecule has 1 fully saturated rings. The van der Waals surface area contributed by atoms with E-state index in [9.17, 15) is 9.90 Å². The Kier molecular flexibility index (Phi) is 5.03. The van der Waals surface area contributed by atoms with Gasteiger partial charge in [0.25, 0.3) is 0 Å². The first kappa shape index (κ1) is 15.6. The van der Waals surface area contributed by atoms with Gasteiger partial charge >= 0.3 is 5.97 Å². The summed E-state index contributed by atoms with van der Waals surface area (Å²) in [6.07, 6.45) is 0.997. The zero-order valence-electron chi connectivity index (χ0n) is 12.2. The third-order valence-electron chi connectivity index (χ3n) is 3.55. The van der Waals surface area contributed by atoms with Gasteiger partial charge in [-0.3, -0.25) is 4.79 Å². The average molecular weight is 295 g/mol. The van der Waals surface area contributed by atoms with Gasteiger partial charge in [0.05, 0.1) is 26.7 Å². The molecule has 2 unspecified atom stereocenters. The number of aliphatic hydroxyl groups is 1. The van der Waals surface area contributed by atoms with Gasteiger partial charge in [-0.1, -0.05) is 6.07 Å². The van der Waals surface area contributed by atoms with Crippen LogP contribution in [0.1, 0.15) is 30.9 Å². The van der Waals surface area contributed by atoms with Gasteiger partial charge in [0.2, 0.25) is 0 Å². The SMILES string of the molecule is COc1ccc(C(O)C(CC(=O)O)NC2CC2)cc1OC. The Labute approximate surface area is 123 Å². The van der Waals surface area contributed by atoms with Gasteiger partial charge in [-0.05, 0) is 30.5 Å². The number of aliphatic carboxylic acids is 1. The van der Waals surface area contributed by atoms with Gasteiger partial charge in [-0.2, -0.15) is 0 Å². The third-order valence-corrected chi connectivity index (χ3v) is 3.55. The van der Waals surface area contributed by atoms with E-state index < -0.39 is 18.1 Å². The highest BCUT2D eigenvalue weighted by Crippen LogP contribution is 2.32. The van der Waals surface area contributed by atoms with Crippen LogP contribution in [0.15, 0.2) is 18.2 Å². The molecule has 3 N–H and O–H groups in total. The van der Waals surface area contributed by atoms with Gasteiger partial charge < -0.3 is 25.0 Å². The largest absolute Gasteiger partial charge is 0.493 e. The minimum absolute atomic E-state index is 0.133. The van der Waals surface area contributed by atoms with E-state index in [-0.39, 0.29) is 6.42 Å². The molecule has 0 bridgehead atoms. The van der Waals surface area contributed by atoms with E-state index in [2.05, 4.69) is 5.32 Å². The molecule has 0 spiro atoms. The Hall–Kier alpha value is -1.79. The molecule has 6 nitrogen and oxygen atoms in total. The predicted molar refractivity (Wildman–Crippen MR) is 76.7 cm³/mol. The van der Waals surface area contributed by atoms with Gasteiger partial charge in [-0.25, -0.2) is 0 Å². The van der Waals surface area contributed by atoms with E-state index >= 15 is 0 Å². The number of hydrogen-bond donors (Lipinski definition) is 3. The first-order chi connectivity index (χ1) is 10.0. The molecule has 1 aromatic carbocycles. The molecular weight excluding hydrogens is 274 g/mol. The third kappa shape index (κ3) is 4.09. The maximum atomic E-state index is 11.0. The second-order valence-corrected chi connectivity index (χ2v) is 5.20. The van der Waals surface area contributed by atoms with Gasteiger partial charge in [0.15, 0.2) is 11.5 Å². The Balaban J connectivity index is 2.17. The second-order valence-electron chi connectivity index (χ2n) is 5.20. The van der Waals surface area contributed by atoms with Crippen molar-refractivity contribution in [2.24, 2.45) is 0 Å².